The lowest BCUT2D eigenvalue weighted by molar-refractivity contribution is -0.384. The summed E-state index contributed by atoms with van der Waals surface area (Å²) in [6.07, 6.45) is 0. The predicted molar refractivity (Wildman–Crippen MR) is 90.5 cm³/mol. The van der Waals surface area contributed by atoms with Crippen LogP contribution >= 0.6 is 0 Å². The number of aryl methyl sites for hydroxylation is 2. The minimum absolute atomic E-state index is 0.0464. The van der Waals surface area contributed by atoms with Crippen molar-refractivity contribution >= 4 is 11.5 Å². The van der Waals surface area contributed by atoms with Crippen molar-refractivity contribution in [3.8, 4) is 0 Å². The van der Waals surface area contributed by atoms with Crippen LogP contribution in [0.2, 0.25) is 0 Å². The molecule has 1 aromatic carbocycles. The summed E-state index contributed by atoms with van der Waals surface area (Å²) in [6.45, 7) is 5.25. The largest absolute Gasteiger partial charge is 0.361 e. The van der Waals surface area contributed by atoms with Crippen molar-refractivity contribution in [3.05, 3.63) is 51.7 Å². The standard InChI is InChI=1S/C16H23N5O2/c1-12(10-19(3)11-14-8-6-5-7-9-14)17-16-15(21(22)23)13(2)18-20(16)4/h5-9,12,17H,10-11H2,1-4H3. The molecule has 0 saturated carbocycles. The Balaban J connectivity index is 2.00. The van der Waals surface area contributed by atoms with E-state index in [2.05, 4.69) is 27.4 Å². The van der Waals surface area contributed by atoms with E-state index in [0.717, 1.165) is 13.1 Å². The Bertz CT molecular complexity index is 669. The molecule has 2 rings (SSSR count). The van der Waals surface area contributed by atoms with Gasteiger partial charge in [-0.05, 0) is 26.5 Å². The number of anilines is 1. The molecule has 0 spiro atoms. The van der Waals surface area contributed by atoms with Gasteiger partial charge in [-0.15, -0.1) is 0 Å². The maximum atomic E-state index is 11.2. The molecule has 1 unspecified atom stereocenters. The normalized spacial score (nSPS) is 12.4. The van der Waals surface area contributed by atoms with Crippen LogP contribution in [0.5, 0.6) is 0 Å². The molecule has 0 aliphatic heterocycles. The molecule has 2 aromatic rings. The zero-order valence-corrected chi connectivity index (χ0v) is 14.0. The SMILES string of the molecule is Cc1nn(C)c(NC(C)CN(C)Cc2ccccc2)c1[N+](=O)[O-]. The van der Waals surface area contributed by atoms with Crippen molar-refractivity contribution < 1.29 is 4.92 Å². The molecule has 124 valence electrons. The highest BCUT2D eigenvalue weighted by Gasteiger charge is 2.25. The monoisotopic (exact) mass is 317 g/mol. The van der Waals surface area contributed by atoms with Crippen LogP contribution in [0.4, 0.5) is 11.5 Å². The molecule has 7 heteroatoms. The average molecular weight is 317 g/mol. The summed E-state index contributed by atoms with van der Waals surface area (Å²) in [6, 6.07) is 10.3. The van der Waals surface area contributed by atoms with Crippen LogP contribution in [0.1, 0.15) is 18.2 Å². The van der Waals surface area contributed by atoms with Crippen LogP contribution in [-0.4, -0.2) is 39.2 Å². The average Bonchev–Trinajstić information content (AvgIpc) is 2.73. The maximum absolute atomic E-state index is 11.2. The van der Waals surface area contributed by atoms with Crippen LogP contribution < -0.4 is 5.32 Å². The predicted octanol–water partition coefficient (Wildman–Crippen LogP) is 2.57. The van der Waals surface area contributed by atoms with E-state index in [9.17, 15) is 10.1 Å². The zero-order chi connectivity index (χ0) is 17.0. The van der Waals surface area contributed by atoms with Crippen LogP contribution in [0.3, 0.4) is 0 Å². The van der Waals surface area contributed by atoms with Crippen molar-refractivity contribution in [2.75, 3.05) is 18.9 Å². The Hall–Kier alpha value is -2.41. The molecule has 1 atom stereocenters. The van der Waals surface area contributed by atoms with E-state index >= 15 is 0 Å². The summed E-state index contributed by atoms with van der Waals surface area (Å²) >= 11 is 0. The second kappa shape index (κ2) is 7.23. The number of benzene rings is 1. The molecule has 0 bridgehead atoms. The molecule has 0 radical (unpaired) electrons. The molecule has 7 nitrogen and oxygen atoms in total. The topological polar surface area (TPSA) is 76.2 Å². The highest BCUT2D eigenvalue weighted by atomic mass is 16.6. The molecule has 23 heavy (non-hydrogen) atoms. The number of nitro groups is 1. The Kier molecular flexibility index (Phi) is 5.33. The summed E-state index contributed by atoms with van der Waals surface area (Å²) in [5.74, 6) is 0.452. The minimum Gasteiger partial charge on any atom is -0.361 e. The van der Waals surface area contributed by atoms with Crippen LogP contribution in [0.25, 0.3) is 0 Å². The third-order valence-electron chi connectivity index (χ3n) is 3.64. The molecule has 1 N–H and O–H groups in total. The number of likely N-dealkylation sites (N-methyl/N-ethyl adjacent to an activating group) is 1. The molecule has 0 amide bonds. The van der Waals surface area contributed by atoms with Gasteiger partial charge in [0.25, 0.3) is 0 Å². The summed E-state index contributed by atoms with van der Waals surface area (Å²) in [4.78, 5) is 13.0. The van der Waals surface area contributed by atoms with Crippen molar-refractivity contribution in [1.29, 1.82) is 0 Å². The molecule has 0 aliphatic rings. The third-order valence-corrected chi connectivity index (χ3v) is 3.64. The first kappa shape index (κ1) is 17.0. The summed E-state index contributed by atoms with van der Waals surface area (Å²) in [7, 11) is 3.75. The van der Waals surface area contributed by atoms with Gasteiger partial charge >= 0.3 is 5.69 Å². The number of nitrogens with one attached hydrogen (secondary N) is 1. The second-order valence-electron chi connectivity index (χ2n) is 5.89. The second-order valence-corrected chi connectivity index (χ2v) is 5.89. The number of hydrogen-bond acceptors (Lipinski definition) is 5. The van der Waals surface area contributed by atoms with Gasteiger partial charge in [0, 0.05) is 26.2 Å². The van der Waals surface area contributed by atoms with E-state index in [0.29, 0.717) is 11.5 Å². The number of nitrogens with zero attached hydrogens (tertiary/aromatic N) is 4. The van der Waals surface area contributed by atoms with Crippen molar-refractivity contribution in [3.63, 3.8) is 0 Å². The van der Waals surface area contributed by atoms with Gasteiger partial charge in [-0.3, -0.25) is 10.1 Å². The lowest BCUT2D eigenvalue weighted by atomic mass is 10.2. The number of aromatic nitrogens is 2. The quantitative estimate of drug-likeness (QED) is 0.627. The zero-order valence-electron chi connectivity index (χ0n) is 14.0. The molecule has 1 heterocycles. The van der Waals surface area contributed by atoms with Crippen molar-refractivity contribution in [2.45, 2.75) is 26.4 Å². The van der Waals surface area contributed by atoms with Gasteiger partial charge in [-0.2, -0.15) is 5.10 Å². The van der Waals surface area contributed by atoms with Gasteiger partial charge < -0.3 is 10.2 Å². The van der Waals surface area contributed by atoms with Crippen molar-refractivity contribution in [1.82, 2.24) is 14.7 Å². The first-order valence-electron chi connectivity index (χ1n) is 7.55. The molecule has 0 fully saturated rings. The fraction of sp³-hybridized carbons (Fsp3) is 0.438. The molecular formula is C16H23N5O2. The maximum Gasteiger partial charge on any atom is 0.333 e. The molecule has 0 saturated heterocycles. The van der Waals surface area contributed by atoms with E-state index in [-0.39, 0.29) is 16.7 Å². The fourth-order valence-corrected chi connectivity index (χ4v) is 2.73. The molecule has 1 aromatic heterocycles. The van der Waals surface area contributed by atoms with E-state index in [1.807, 2.05) is 32.2 Å². The van der Waals surface area contributed by atoms with Gasteiger partial charge in [0.15, 0.2) is 0 Å². The highest BCUT2D eigenvalue weighted by molar-refractivity contribution is 5.59. The van der Waals surface area contributed by atoms with Gasteiger partial charge in [0.2, 0.25) is 5.82 Å². The first-order chi connectivity index (χ1) is 10.9. The third kappa shape index (κ3) is 4.29. The number of hydrogen-bond donors (Lipinski definition) is 1. The van der Waals surface area contributed by atoms with E-state index in [1.165, 1.54) is 10.2 Å². The van der Waals surface area contributed by atoms with E-state index in [1.54, 1.807) is 14.0 Å². The Morgan fingerprint density at radius 3 is 2.65 bits per heavy atom. The van der Waals surface area contributed by atoms with Crippen LogP contribution in [-0.2, 0) is 13.6 Å². The van der Waals surface area contributed by atoms with E-state index in [4.69, 9.17) is 0 Å². The smallest absolute Gasteiger partial charge is 0.333 e. The van der Waals surface area contributed by atoms with Crippen LogP contribution in [0.15, 0.2) is 30.3 Å². The minimum atomic E-state index is -0.384. The Morgan fingerprint density at radius 1 is 1.39 bits per heavy atom. The van der Waals surface area contributed by atoms with Crippen LogP contribution in [0, 0.1) is 17.0 Å². The highest BCUT2D eigenvalue weighted by Crippen LogP contribution is 2.27. The molecule has 0 aliphatic carbocycles. The number of rotatable bonds is 7. The van der Waals surface area contributed by atoms with Gasteiger partial charge in [-0.1, -0.05) is 30.3 Å². The van der Waals surface area contributed by atoms with Crippen molar-refractivity contribution in [2.24, 2.45) is 7.05 Å². The Labute approximate surface area is 136 Å². The lowest BCUT2D eigenvalue weighted by Gasteiger charge is -2.22. The van der Waals surface area contributed by atoms with Gasteiger partial charge in [0.1, 0.15) is 5.69 Å². The van der Waals surface area contributed by atoms with E-state index < -0.39 is 0 Å². The first-order valence-corrected chi connectivity index (χ1v) is 7.55. The molecular weight excluding hydrogens is 294 g/mol. The summed E-state index contributed by atoms with van der Waals surface area (Å²) < 4.78 is 1.53. The van der Waals surface area contributed by atoms with Gasteiger partial charge in [0.05, 0.1) is 4.92 Å². The van der Waals surface area contributed by atoms with Gasteiger partial charge in [-0.25, -0.2) is 4.68 Å². The summed E-state index contributed by atoms with van der Waals surface area (Å²) in [5, 5.41) is 18.5. The summed E-state index contributed by atoms with van der Waals surface area (Å²) in [5.41, 5.74) is 1.71. The fourth-order valence-electron chi connectivity index (χ4n) is 2.73. The Morgan fingerprint density at radius 2 is 2.04 bits per heavy atom. The lowest BCUT2D eigenvalue weighted by Crippen LogP contribution is -2.32.